The maximum absolute atomic E-state index is 12.7. The average molecular weight is 383 g/mol. The number of anilines is 1. The maximum Gasteiger partial charge on any atom is 0.259 e. The van der Waals surface area contributed by atoms with Crippen LogP contribution in [0.3, 0.4) is 0 Å². The Morgan fingerprint density at radius 2 is 1.85 bits per heavy atom. The van der Waals surface area contributed by atoms with E-state index in [0.29, 0.717) is 28.3 Å². The lowest BCUT2D eigenvalue weighted by atomic mass is 10.1. The lowest BCUT2D eigenvalue weighted by Crippen LogP contribution is -2.18. The van der Waals surface area contributed by atoms with Crippen LogP contribution in [-0.2, 0) is 6.42 Å². The Bertz CT molecular complexity index is 980. The van der Waals surface area contributed by atoms with Crippen LogP contribution in [0, 0.1) is 0 Å². The highest BCUT2D eigenvalue weighted by Crippen LogP contribution is 2.20. The minimum absolute atomic E-state index is 0.177. The van der Waals surface area contributed by atoms with E-state index in [4.69, 9.17) is 11.6 Å². The first-order valence-corrected chi connectivity index (χ1v) is 8.87. The number of rotatable bonds is 5. The Kier molecular flexibility index (Phi) is 5.57. The molecule has 0 unspecified atom stereocenters. The van der Waals surface area contributed by atoms with Crippen LogP contribution in [0.25, 0.3) is 5.69 Å². The molecule has 0 radical (unpaired) electrons. The van der Waals surface area contributed by atoms with Crippen molar-refractivity contribution in [3.05, 3.63) is 76.6 Å². The number of aromatic nitrogens is 2. The van der Waals surface area contributed by atoms with Gasteiger partial charge in [-0.15, -0.1) is 0 Å². The van der Waals surface area contributed by atoms with E-state index < -0.39 is 0 Å². The quantitative estimate of drug-likeness (QED) is 0.706. The van der Waals surface area contributed by atoms with E-state index in [1.54, 1.807) is 54.3 Å². The van der Waals surface area contributed by atoms with Crippen molar-refractivity contribution < 1.29 is 9.59 Å². The molecule has 0 saturated heterocycles. The second-order valence-electron chi connectivity index (χ2n) is 5.86. The molecule has 27 heavy (non-hydrogen) atoms. The van der Waals surface area contributed by atoms with E-state index in [2.05, 4.69) is 15.7 Å². The number of nitrogens with one attached hydrogen (secondary N) is 2. The molecular formula is C20H19ClN4O2. The predicted octanol–water partition coefficient (Wildman–Crippen LogP) is 3.70. The first-order valence-electron chi connectivity index (χ1n) is 8.49. The summed E-state index contributed by atoms with van der Waals surface area (Å²) in [6.07, 6.45) is 2.18. The van der Waals surface area contributed by atoms with Crippen LogP contribution < -0.4 is 10.6 Å². The first kappa shape index (κ1) is 18.7. The number of nitrogens with zero attached hydrogens (tertiary/aromatic N) is 2. The van der Waals surface area contributed by atoms with Gasteiger partial charge in [-0.3, -0.25) is 9.59 Å². The molecule has 7 heteroatoms. The minimum atomic E-state index is -0.257. The largest absolute Gasteiger partial charge is 0.355 e. The molecular weight excluding hydrogens is 364 g/mol. The summed E-state index contributed by atoms with van der Waals surface area (Å²) >= 11 is 6.06. The van der Waals surface area contributed by atoms with Gasteiger partial charge in [0.15, 0.2) is 0 Å². The summed E-state index contributed by atoms with van der Waals surface area (Å²) in [6, 6.07) is 14.0. The van der Waals surface area contributed by atoms with Gasteiger partial charge in [-0.1, -0.05) is 24.6 Å². The van der Waals surface area contributed by atoms with Crippen molar-refractivity contribution in [2.24, 2.45) is 0 Å². The molecule has 2 amide bonds. The van der Waals surface area contributed by atoms with Crippen molar-refractivity contribution in [2.75, 3.05) is 12.4 Å². The molecule has 0 bridgehead atoms. The zero-order valence-corrected chi connectivity index (χ0v) is 15.7. The standard InChI is InChI=1S/C20H19ClN4O2/c1-3-18-17(12-23-25(18)16-6-4-5-14(21)11-16)20(27)24-15-9-7-13(8-10-15)19(26)22-2/h4-12H,3H2,1-2H3,(H,22,26)(H,24,27). The van der Waals surface area contributed by atoms with Crippen LogP contribution >= 0.6 is 11.6 Å². The minimum Gasteiger partial charge on any atom is -0.355 e. The SMILES string of the molecule is CCc1c(C(=O)Nc2ccc(C(=O)NC)cc2)cnn1-c1cccc(Cl)c1. The Morgan fingerprint density at radius 3 is 2.48 bits per heavy atom. The third-order valence-corrected chi connectivity index (χ3v) is 4.37. The third kappa shape index (κ3) is 4.01. The topological polar surface area (TPSA) is 76.0 Å². The second kappa shape index (κ2) is 8.05. The number of hydrogen-bond donors (Lipinski definition) is 2. The van der Waals surface area contributed by atoms with E-state index in [0.717, 1.165) is 11.4 Å². The van der Waals surface area contributed by atoms with Crippen molar-refractivity contribution in [3.8, 4) is 5.69 Å². The van der Waals surface area contributed by atoms with Crippen molar-refractivity contribution in [1.82, 2.24) is 15.1 Å². The number of amides is 2. The fourth-order valence-corrected chi connectivity index (χ4v) is 2.97. The zero-order chi connectivity index (χ0) is 19.4. The third-order valence-electron chi connectivity index (χ3n) is 4.13. The van der Waals surface area contributed by atoms with Crippen LogP contribution in [0.15, 0.2) is 54.7 Å². The van der Waals surface area contributed by atoms with Gasteiger partial charge in [0.25, 0.3) is 11.8 Å². The Labute approximate surface area is 162 Å². The summed E-state index contributed by atoms with van der Waals surface area (Å²) in [4.78, 5) is 24.3. The first-order chi connectivity index (χ1) is 13.0. The normalized spacial score (nSPS) is 10.5. The zero-order valence-electron chi connectivity index (χ0n) is 15.0. The molecule has 3 rings (SSSR count). The molecule has 138 valence electrons. The molecule has 0 atom stereocenters. The van der Waals surface area contributed by atoms with Crippen LogP contribution in [0.2, 0.25) is 5.02 Å². The smallest absolute Gasteiger partial charge is 0.259 e. The lowest BCUT2D eigenvalue weighted by Gasteiger charge is -2.09. The van der Waals surface area contributed by atoms with Crippen LogP contribution in [-0.4, -0.2) is 28.6 Å². The molecule has 6 nitrogen and oxygen atoms in total. The molecule has 0 aliphatic heterocycles. The number of hydrogen-bond acceptors (Lipinski definition) is 3. The molecule has 2 N–H and O–H groups in total. The van der Waals surface area contributed by atoms with Gasteiger partial charge in [0.05, 0.1) is 23.1 Å². The van der Waals surface area contributed by atoms with E-state index in [1.807, 2.05) is 19.1 Å². The summed E-state index contributed by atoms with van der Waals surface area (Å²) in [5.41, 5.74) is 3.21. The van der Waals surface area contributed by atoms with E-state index in [-0.39, 0.29) is 11.8 Å². The van der Waals surface area contributed by atoms with Gasteiger partial charge in [-0.2, -0.15) is 5.10 Å². The van der Waals surface area contributed by atoms with Crippen molar-refractivity contribution >= 4 is 29.1 Å². The highest BCUT2D eigenvalue weighted by molar-refractivity contribution is 6.30. The molecule has 0 aliphatic rings. The maximum atomic E-state index is 12.7. The fraction of sp³-hybridized carbons (Fsp3) is 0.150. The van der Waals surface area contributed by atoms with Crippen molar-refractivity contribution in [2.45, 2.75) is 13.3 Å². The van der Waals surface area contributed by atoms with E-state index >= 15 is 0 Å². The lowest BCUT2D eigenvalue weighted by molar-refractivity contribution is 0.0962. The molecule has 1 heterocycles. The monoisotopic (exact) mass is 382 g/mol. The van der Waals surface area contributed by atoms with Gasteiger partial charge in [-0.25, -0.2) is 4.68 Å². The summed E-state index contributed by atoms with van der Waals surface area (Å²) in [5, 5.41) is 10.4. The summed E-state index contributed by atoms with van der Waals surface area (Å²) in [5.74, 6) is -0.434. The van der Waals surface area contributed by atoms with Crippen LogP contribution in [0.5, 0.6) is 0 Å². The average Bonchev–Trinajstić information content (AvgIpc) is 3.12. The summed E-state index contributed by atoms with van der Waals surface area (Å²) in [7, 11) is 1.57. The van der Waals surface area contributed by atoms with Crippen molar-refractivity contribution in [1.29, 1.82) is 0 Å². The molecule has 0 spiro atoms. The number of carbonyl (C=O) groups is 2. The van der Waals surface area contributed by atoms with Gasteiger partial charge in [0.1, 0.15) is 0 Å². The number of benzene rings is 2. The Hall–Kier alpha value is -3.12. The summed E-state index contributed by atoms with van der Waals surface area (Å²) < 4.78 is 1.72. The van der Waals surface area contributed by atoms with Gasteiger partial charge >= 0.3 is 0 Å². The predicted molar refractivity (Wildman–Crippen MR) is 106 cm³/mol. The van der Waals surface area contributed by atoms with Gasteiger partial charge < -0.3 is 10.6 Å². The van der Waals surface area contributed by atoms with Gasteiger partial charge in [0.2, 0.25) is 0 Å². The van der Waals surface area contributed by atoms with E-state index in [9.17, 15) is 9.59 Å². The van der Waals surface area contributed by atoms with Crippen LogP contribution in [0.1, 0.15) is 33.3 Å². The van der Waals surface area contributed by atoms with Gasteiger partial charge in [0, 0.05) is 23.3 Å². The molecule has 0 fully saturated rings. The second-order valence-corrected chi connectivity index (χ2v) is 6.30. The molecule has 3 aromatic rings. The molecule has 1 aromatic heterocycles. The Morgan fingerprint density at radius 1 is 1.11 bits per heavy atom. The number of halogens is 1. The molecule has 2 aromatic carbocycles. The highest BCUT2D eigenvalue weighted by atomic mass is 35.5. The fourth-order valence-electron chi connectivity index (χ4n) is 2.78. The van der Waals surface area contributed by atoms with Crippen LogP contribution in [0.4, 0.5) is 5.69 Å². The van der Waals surface area contributed by atoms with Gasteiger partial charge in [-0.05, 0) is 48.9 Å². The highest BCUT2D eigenvalue weighted by Gasteiger charge is 2.17. The molecule has 0 aliphatic carbocycles. The number of carbonyl (C=O) groups excluding carboxylic acids is 2. The Balaban J connectivity index is 1.84. The van der Waals surface area contributed by atoms with E-state index in [1.165, 1.54) is 0 Å². The molecule has 0 saturated carbocycles. The van der Waals surface area contributed by atoms with Crippen molar-refractivity contribution in [3.63, 3.8) is 0 Å². The summed E-state index contributed by atoms with van der Waals surface area (Å²) in [6.45, 7) is 1.97.